The van der Waals surface area contributed by atoms with Gasteiger partial charge in [0.15, 0.2) is 0 Å². The summed E-state index contributed by atoms with van der Waals surface area (Å²) >= 11 is 12.0. The van der Waals surface area contributed by atoms with Crippen LogP contribution in [0, 0.1) is 5.92 Å². The van der Waals surface area contributed by atoms with Gasteiger partial charge < -0.3 is 9.88 Å². The van der Waals surface area contributed by atoms with Crippen molar-refractivity contribution in [2.45, 2.75) is 38.8 Å². The van der Waals surface area contributed by atoms with Gasteiger partial charge in [-0.05, 0) is 25.3 Å². The highest BCUT2D eigenvalue weighted by atomic mass is 35.5. The summed E-state index contributed by atoms with van der Waals surface area (Å²) in [6.07, 6.45) is 4.10. The van der Waals surface area contributed by atoms with Gasteiger partial charge in [0.25, 0.3) is 0 Å². The zero-order chi connectivity index (χ0) is 11.7. The van der Waals surface area contributed by atoms with Gasteiger partial charge in [-0.15, -0.1) is 0 Å². The maximum Gasteiger partial charge on any atom is 0.127 e. The fourth-order valence-electron chi connectivity index (χ4n) is 1.97. The first-order chi connectivity index (χ1) is 7.58. The van der Waals surface area contributed by atoms with Crippen LogP contribution in [0.3, 0.4) is 0 Å². The number of nitrogens with zero attached hydrogens (tertiary/aromatic N) is 1. The lowest BCUT2D eigenvalue weighted by Gasteiger charge is -2.13. The monoisotopic (exact) mass is 260 g/mol. The third kappa shape index (κ3) is 2.93. The Hall–Kier alpha value is -0.180. The van der Waals surface area contributed by atoms with Crippen molar-refractivity contribution < 1.29 is 0 Å². The molecule has 2 nitrogen and oxygen atoms in total. The fourth-order valence-corrected chi connectivity index (χ4v) is 2.39. The molecular formula is C12H18Cl2N2. The number of aromatic nitrogens is 1. The van der Waals surface area contributed by atoms with E-state index in [1.165, 1.54) is 19.3 Å². The van der Waals surface area contributed by atoms with Crippen molar-refractivity contribution in [2.75, 3.05) is 0 Å². The topological polar surface area (TPSA) is 17.0 Å². The van der Waals surface area contributed by atoms with Crippen LogP contribution < -0.4 is 5.32 Å². The van der Waals surface area contributed by atoms with Crippen molar-refractivity contribution in [1.82, 2.24) is 9.88 Å². The molecule has 1 N–H and O–H groups in total. The minimum atomic E-state index is 0.569. The van der Waals surface area contributed by atoms with Crippen LogP contribution in [0.1, 0.15) is 31.9 Å². The highest BCUT2D eigenvalue weighted by Gasteiger charge is 2.23. The Kier molecular flexibility index (Phi) is 3.83. The summed E-state index contributed by atoms with van der Waals surface area (Å²) < 4.78 is 1.93. The second kappa shape index (κ2) is 4.99. The molecule has 1 aliphatic rings. The van der Waals surface area contributed by atoms with Crippen molar-refractivity contribution in [1.29, 1.82) is 0 Å². The Bertz CT molecular complexity index is 369. The van der Waals surface area contributed by atoms with Crippen LogP contribution in [0.15, 0.2) is 6.07 Å². The summed E-state index contributed by atoms with van der Waals surface area (Å²) in [7, 11) is 1.94. The molecule has 1 unspecified atom stereocenters. The molecule has 4 heteroatoms. The van der Waals surface area contributed by atoms with Crippen molar-refractivity contribution in [3.63, 3.8) is 0 Å². The second-order valence-corrected chi connectivity index (χ2v) is 5.56. The minimum absolute atomic E-state index is 0.569. The SMILES string of the molecule is CC(CC1CC1)NCc1cc(Cl)c(Cl)n1C. The lowest BCUT2D eigenvalue weighted by Crippen LogP contribution is -2.26. The van der Waals surface area contributed by atoms with Crippen LogP contribution in [-0.2, 0) is 13.6 Å². The number of rotatable bonds is 5. The van der Waals surface area contributed by atoms with Crippen LogP contribution in [0.2, 0.25) is 10.2 Å². The summed E-state index contributed by atoms with van der Waals surface area (Å²) in [6, 6.07) is 2.50. The van der Waals surface area contributed by atoms with Gasteiger partial charge in [-0.25, -0.2) is 0 Å². The Morgan fingerprint density at radius 2 is 2.19 bits per heavy atom. The molecule has 0 spiro atoms. The molecule has 0 radical (unpaired) electrons. The van der Waals surface area contributed by atoms with Gasteiger partial charge >= 0.3 is 0 Å². The van der Waals surface area contributed by atoms with E-state index in [-0.39, 0.29) is 0 Å². The zero-order valence-electron chi connectivity index (χ0n) is 9.76. The highest BCUT2D eigenvalue weighted by Crippen LogP contribution is 2.33. The molecule has 1 heterocycles. The van der Waals surface area contributed by atoms with E-state index in [1.54, 1.807) is 0 Å². The Morgan fingerprint density at radius 3 is 2.69 bits per heavy atom. The number of hydrogen-bond donors (Lipinski definition) is 1. The number of hydrogen-bond acceptors (Lipinski definition) is 1. The average Bonchev–Trinajstić information content (AvgIpc) is 3.01. The summed E-state index contributed by atoms with van der Waals surface area (Å²) in [5, 5.41) is 4.77. The van der Waals surface area contributed by atoms with Gasteiger partial charge in [0.2, 0.25) is 0 Å². The number of nitrogens with one attached hydrogen (secondary N) is 1. The van der Waals surface area contributed by atoms with Gasteiger partial charge in [0.1, 0.15) is 5.15 Å². The molecule has 90 valence electrons. The van der Waals surface area contributed by atoms with E-state index < -0.39 is 0 Å². The van der Waals surface area contributed by atoms with Gasteiger partial charge in [-0.2, -0.15) is 0 Å². The molecule has 1 aliphatic carbocycles. The second-order valence-electron chi connectivity index (χ2n) is 4.79. The van der Waals surface area contributed by atoms with Crippen molar-refractivity contribution in [2.24, 2.45) is 13.0 Å². The van der Waals surface area contributed by atoms with E-state index in [0.717, 1.165) is 18.2 Å². The third-order valence-electron chi connectivity index (χ3n) is 3.23. The normalized spacial score (nSPS) is 17.8. The van der Waals surface area contributed by atoms with Crippen LogP contribution in [-0.4, -0.2) is 10.6 Å². The maximum atomic E-state index is 6.01. The van der Waals surface area contributed by atoms with Gasteiger partial charge in [-0.1, -0.05) is 36.0 Å². The van der Waals surface area contributed by atoms with Crippen LogP contribution >= 0.6 is 23.2 Å². The van der Waals surface area contributed by atoms with E-state index >= 15 is 0 Å². The highest BCUT2D eigenvalue weighted by molar-refractivity contribution is 6.41. The Labute approximate surface area is 107 Å². The predicted octanol–water partition coefficient (Wildman–Crippen LogP) is 3.61. The summed E-state index contributed by atoms with van der Waals surface area (Å²) in [5.74, 6) is 0.961. The average molecular weight is 261 g/mol. The molecule has 1 aromatic rings. The van der Waals surface area contributed by atoms with E-state index in [9.17, 15) is 0 Å². The minimum Gasteiger partial charge on any atom is -0.336 e. The first-order valence-corrected chi connectivity index (χ1v) is 6.56. The fraction of sp³-hybridized carbons (Fsp3) is 0.667. The van der Waals surface area contributed by atoms with E-state index in [4.69, 9.17) is 23.2 Å². The molecular weight excluding hydrogens is 243 g/mol. The van der Waals surface area contributed by atoms with Crippen molar-refractivity contribution >= 4 is 23.2 Å². The lowest BCUT2D eigenvalue weighted by atomic mass is 10.1. The summed E-state index contributed by atoms with van der Waals surface area (Å²) in [5.41, 5.74) is 1.14. The molecule has 0 saturated heterocycles. The Balaban J connectivity index is 1.85. The standard InChI is InChI=1S/C12H18Cl2N2/c1-8(5-9-3-4-9)15-7-10-6-11(13)12(14)16(10)2/h6,8-9,15H,3-5,7H2,1-2H3. The molecule has 2 rings (SSSR count). The molecule has 0 aliphatic heterocycles. The molecule has 1 atom stereocenters. The predicted molar refractivity (Wildman–Crippen MR) is 69.1 cm³/mol. The van der Waals surface area contributed by atoms with Gasteiger partial charge in [-0.3, -0.25) is 0 Å². The summed E-state index contributed by atoms with van der Waals surface area (Å²) in [6.45, 7) is 3.07. The maximum absolute atomic E-state index is 6.01. The molecule has 16 heavy (non-hydrogen) atoms. The smallest absolute Gasteiger partial charge is 0.127 e. The molecule has 0 aromatic carbocycles. The number of halogens is 2. The molecule has 1 aromatic heterocycles. The molecule has 0 amide bonds. The molecule has 1 saturated carbocycles. The third-order valence-corrected chi connectivity index (χ3v) is 4.07. The van der Waals surface area contributed by atoms with Crippen LogP contribution in [0.4, 0.5) is 0 Å². The quantitative estimate of drug-likeness (QED) is 0.856. The lowest BCUT2D eigenvalue weighted by molar-refractivity contribution is 0.480. The van der Waals surface area contributed by atoms with E-state index in [2.05, 4.69) is 12.2 Å². The van der Waals surface area contributed by atoms with Crippen molar-refractivity contribution in [3.8, 4) is 0 Å². The summed E-state index contributed by atoms with van der Waals surface area (Å²) in [4.78, 5) is 0. The van der Waals surface area contributed by atoms with E-state index in [0.29, 0.717) is 16.2 Å². The van der Waals surface area contributed by atoms with Gasteiger partial charge in [0.05, 0.1) is 5.02 Å². The van der Waals surface area contributed by atoms with Gasteiger partial charge in [0, 0.05) is 25.3 Å². The Morgan fingerprint density at radius 1 is 1.50 bits per heavy atom. The molecule has 0 bridgehead atoms. The van der Waals surface area contributed by atoms with Crippen molar-refractivity contribution in [3.05, 3.63) is 21.9 Å². The molecule has 1 fully saturated rings. The van der Waals surface area contributed by atoms with Crippen LogP contribution in [0.25, 0.3) is 0 Å². The zero-order valence-corrected chi connectivity index (χ0v) is 11.3. The first-order valence-electron chi connectivity index (χ1n) is 5.81. The largest absolute Gasteiger partial charge is 0.336 e. The first kappa shape index (κ1) is 12.3. The van der Waals surface area contributed by atoms with Crippen LogP contribution in [0.5, 0.6) is 0 Å². The van der Waals surface area contributed by atoms with E-state index in [1.807, 2.05) is 17.7 Å².